The van der Waals surface area contributed by atoms with E-state index in [9.17, 15) is 9.59 Å². The van der Waals surface area contributed by atoms with Crippen molar-refractivity contribution in [2.75, 3.05) is 7.05 Å². The largest absolute Gasteiger partial charge is 0.346 e. The van der Waals surface area contributed by atoms with Crippen molar-refractivity contribution >= 4 is 5.91 Å². The first-order chi connectivity index (χ1) is 14.1. The van der Waals surface area contributed by atoms with Gasteiger partial charge >= 0.3 is 5.69 Å². The summed E-state index contributed by atoms with van der Waals surface area (Å²) in [6.07, 6.45) is 7.58. The van der Waals surface area contributed by atoms with Crippen molar-refractivity contribution in [1.29, 1.82) is 0 Å². The lowest BCUT2D eigenvalue weighted by molar-refractivity contribution is -0.131. The molecule has 2 aromatic heterocycles. The molecule has 0 radical (unpaired) electrons. The second-order valence-corrected chi connectivity index (χ2v) is 7.53. The smallest absolute Gasteiger partial charge is 0.337 e. The van der Waals surface area contributed by atoms with Crippen LogP contribution in [0.2, 0.25) is 0 Å². The van der Waals surface area contributed by atoms with Crippen LogP contribution in [0.3, 0.4) is 0 Å². The zero-order valence-electron chi connectivity index (χ0n) is 16.7. The lowest BCUT2D eigenvalue weighted by atomic mass is 10.2. The van der Waals surface area contributed by atoms with E-state index in [2.05, 4.69) is 22.2 Å². The fourth-order valence-corrected chi connectivity index (χ4v) is 3.69. The van der Waals surface area contributed by atoms with Crippen molar-refractivity contribution in [3.63, 3.8) is 0 Å². The molecule has 29 heavy (non-hydrogen) atoms. The average molecular weight is 394 g/mol. The summed E-state index contributed by atoms with van der Waals surface area (Å²) in [7, 11) is 1.73. The molecule has 0 saturated heterocycles. The van der Waals surface area contributed by atoms with E-state index in [-0.39, 0.29) is 18.1 Å². The van der Waals surface area contributed by atoms with Crippen LogP contribution in [0, 0.1) is 0 Å². The first kappa shape index (κ1) is 19.2. The van der Waals surface area contributed by atoms with Crippen molar-refractivity contribution in [1.82, 2.24) is 28.8 Å². The number of rotatable bonds is 6. The molecular weight excluding hydrogens is 368 g/mol. The van der Waals surface area contributed by atoms with Gasteiger partial charge in [0.2, 0.25) is 5.91 Å². The summed E-state index contributed by atoms with van der Waals surface area (Å²) >= 11 is 0. The maximum absolute atomic E-state index is 12.7. The van der Waals surface area contributed by atoms with Crippen LogP contribution in [0.4, 0.5) is 0 Å². The number of likely N-dealkylation sites (N-methyl/N-ethyl adjacent to an activating group) is 1. The van der Waals surface area contributed by atoms with Gasteiger partial charge in [-0.15, -0.1) is 0 Å². The van der Waals surface area contributed by atoms with Crippen LogP contribution in [0.5, 0.6) is 0 Å². The van der Waals surface area contributed by atoms with Gasteiger partial charge in [-0.05, 0) is 18.4 Å². The molecule has 1 aliphatic rings. The Morgan fingerprint density at radius 3 is 2.83 bits per heavy atom. The first-order valence-corrected chi connectivity index (χ1v) is 10.1. The molecule has 1 aliphatic heterocycles. The fraction of sp³-hybridized carbons (Fsp3) is 0.429. The van der Waals surface area contributed by atoms with Gasteiger partial charge in [-0.3, -0.25) is 9.36 Å². The number of benzene rings is 1. The van der Waals surface area contributed by atoms with Crippen LogP contribution in [0.1, 0.15) is 36.5 Å². The normalized spacial score (nSPS) is 13.7. The number of aromatic nitrogens is 5. The van der Waals surface area contributed by atoms with Gasteiger partial charge in [-0.2, -0.15) is 5.10 Å². The molecule has 1 amide bonds. The Bertz CT molecular complexity index is 1030. The Balaban J connectivity index is 1.42. The number of fused-ring (bicyclic) bond motifs is 1. The molecule has 0 fully saturated rings. The second-order valence-electron chi connectivity index (χ2n) is 7.53. The summed E-state index contributed by atoms with van der Waals surface area (Å²) in [5.41, 5.74) is 0.987. The quantitative estimate of drug-likeness (QED) is 0.637. The predicted octanol–water partition coefficient (Wildman–Crippen LogP) is 1.67. The highest BCUT2D eigenvalue weighted by Crippen LogP contribution is 2.11. The Labute approximate surface area is 169 Å². The van der Waals surface area contributed by atoms with Gasteiger partial charge in [-0.25, -0.2) is 14.5 Å². The number of carbonyl (C=O) groups is 1. The molecule has 0 atom stereocenters. The molecule has 3 aromatic rings. The Kier molecular flexibility index (Phi) is 5.59. The molecule has 0 N–H and O–H groups in total. The molecule has 0 spiro atoms. The number of hydrogen-bond acceptors (Lipinski definition) is 4. The van der Waals surface area contributed by atoms with E-state index >= 15 is 0 Å². The van der Waals surface area contributed by atoms with E-state index in [1.807, 2.05) is 29.0 Å². The molecule has 4 rings (SSSR count). The van der Waals surface area contributed by atoms with Crippen molar-refractivity contribution < 1.29 is 4.79 Å². The lowest BCUT2D eigenvalue weighted by Gasteiger charge is -2.17. The number of aryl methyl sites for hydroxylation is 1. The van der Waals surface area contributed by atoms with Gasteiger partial charge in [0, 0.05) is 39.0 Å². The summed E-state index contributed by atoms with van der Waals surface area (Å²) < 4.78 is 5.05. The topological polar surface area (TPSA) is 78.0 Å². The molecule has 0 unspecified atom stereocenters. The van der Waals surface area contributed by atoms with Crippen molar-refractivity contribution in [3.8, 4) is 0 Å². The lowest BCUT2D eigenvalue weighted by Crippen LogP contribution is -2.35. The van der Waals surface area contributed by atoms with Crippen LogP contribution < -0.4 is 5.69 Å². The van der Waals surface area contributed by atoms with Crippen molar-refractivity contribution in [2.24, 2.45) is 0 Å². The van der Waals surface area contributed by atoms with Gasteiger partial charge in [0.05, 0.1) is 6.54 Å². The van der Waals surface area contributed by atoms with Gasteiger partial charge in [0.25, 0.3) is 0 Å². The monoisotopic (exact) mass is 394 g/mol. The predicted molar refractivity (Wildman–Crippen MR) is 108 cm³/mol. The minimum Gasteiger partial charge on any atom is -0.337 e. The Hall–Kier alpha value is -3.16. The number of carbonyl (C=O) groups excluding carboxylic acids is 1. The van der Waals surface area contributed by atoms with E-state index in [1.54, 1.807) is 22.7 Å². The van der Waals surface area contributed by atoms with E-state index in [0.29, 0.717) is 19.6 Å². The summed E-state index contributed by atoms with van der Waals surface area (Å²) in [5, 5.41) is 4.40. The van der Waals surface area contributed by atoms with Gasteiger partial charge in [0.1, 0.15) is 18.2 Å². The number of amides is 1. The zero-order chi connectivity index (χ0) is 20.2. The molecule has 0 bridgehead atoms. The molecule has 3 heterocycles. The molecule has 0 aliphatic carbocycles. The molecule has 152 valence electrons. The minimum absolute atomic E-state index is 0.0469. The first-order valence-electron chi connectivity index (χ1n) is 10.1. The van der Waals surface area contributed by atoms with Gasteiger partial charge < -0.3 is 9.47 Å². The number of imidazole rings is 1. The molecule has 8 nitrogen and oxygen atoms in total. The van der Waals surface area contributed by atoms with Crippen LogP contribution in [0.15, 0.2) is 47.5 Å². The summed E-state index contributed by atoms with van der Waals surface area (Å²) in [6.45, 7) is 1.72. The third-order valence-electron chi connectivity index (χ3n) is 5.37. The Morgan fingerprint density at radius 1 is 1.17 bits per heavy atom. The summed E-state index contributed by atoms with van der Waals surface area (Å²) in [6, 6.07) is 10.1. The van der Waals surface area contributed by atoms with Crippen molar-refractivity contribution in [3.05, 3.63) is 70.4 Å². The summed E-state index contributed by atoms with van der Waals surface area (Å²) in [5.74, 6) is 1.44. The van der Waals surface area contributed by atoms with Gasteiger partial charge in [0.15, 0.2) is 0 Å². The molecule has 1 aromatic carbocycles. The molecular formula is C21H26N6O2. The average Bonchev–Trinajstić information content (AvgIpc) is 3.17. The van der Waals surface area contributed by atoms with Crippen LogP contribution in [-0.2, 0) is 37.4 Å². The van der Waals surface area contributed by atoms with E-state index in [0.717, 1.165) is 37.3 Å². The summed E-state index contributed by atoms with van der Waals surface area (Å²) in [4.78, 5) is 31.3. The Morgan fingerprint density at radius 2 is 2.00 bits per heavy atom. The second kappa shape index (κ2) is 8.46. The van der Waals surface area contributed by atoms with Crippen molar-refractivity contribution in [2.45, 2.75) is 51.9 Å². The van der Waals surface area contributed by atoms with E-state index in [1.165, 1.54) is 10.2 Å². The van der Waals surface area contributed by atoms with E-state index in [4.69, 9.17) is 0 Å². The van der Waals surface area contributed by atoms with Crippen LogP contribution in [0.25, 0.3) is 0 Å². The zero-order valence-corrected chi connectivity index (χ0v) is 16.7. The third-order valence-corrected chi connectivity index (χ3v) is 5.37. The molecule has 0 saturated carbocycles. The van der Waals surface area contributed by atoms with E-state index < -0.39 is 0 Å². The number of hydrogen-bond donors (Lipinski definition) is 0. The highest BCUT2D eigenvalue weighted by molar-refractivity contribution is 5.75. The van der Waals surface area contributed by atoms with Crippen LogP contribution in [-0.4, -0.2) is 41.8 Å². The highest BCUT2D eigenvalue weighted by Gasteiger charge is 2.19. The maximum atomic E-state index is 12.7. The fourth-order valence-electron chi connectivity index (χ4n) is 3.69. The van der Waals surface area contributed by atoms with Crippen LogP contribution >= 0.6 is 0 Å². The SMILES string of the molecule is CN(Cc1nccn1Cc1ccccc1)C(=O)Cn1nc2n(c1=O)CCCCC2. The highest BCUT2D eigenvalue weighted by atomic mass is 16.2. The molecule has 8 heteroatoms. The maximum Gasteiger partial charge on any atom is 0.346 e. The standard InChI is InChI=1S/C21H26N6O2/c1-24(15-19-22-11-13-25(19)14-17-8-4-2-5-9-17)20(28)16-27-21(29)26-12-7-3-6-10-18(26)23-27/h2,4-5,8-9,11,13H,3,6-7,10,12,14-16H2,1H3. The van der Waals surface area contributed by atoms with Gasteiger partial charge in [-0.1, -0.05) is 36.8 Å². The third kappa shape index (κ3) is 4.31. The number of nitrogens with zero attached hydrogens (tertiary/aromatic N) is 6. The minimum atomic E-state index is -0.186.